The third-order valence-corrected chi connectivity index (χ3v) is 4.14. The first-order chi connectivity index (χ1) is 7.02. The summed E-state index contributed by atoms with van der Waals surface area (Å²) in [6.07, 6.45) is 3.78. The van der Waals surface area contributed by atoms with Gasteiger partial charge in [0.25, 0.3) is 0 Å². The summed E-state index contributed by atoms with van der Waals surface area (Å²) in [5, 5.41) is 0. The molecule has 1 aliphatic carbocycles. The van der Waals surface area contributed by atoms with E-state index in [0.29, 0.717) is 11.8 Å². The van der Waals surface area contributed by atoms with Gasteiger partial charge in [0.15, 0.2) is 5.78 Å². The van der Waals surface area contributed by atoms with Gasteiger partial charge in [-0.05, 0) is 39.0 Å². The maximum absolute atomic E-state index is 12.1. The molecule has 1 saturated carbocycles. The minimum absolute atomic E-state index is 0.189. The highest BCUT2D eigenvalue weighted by Gasteiger charge is 2.49. The summed E-state index contributed by atoms with van der Waals surface area (Å²) in [7, 11) is 0. The van der Waals surface area contributed by atoms with E-state index in [-0.39, 0.29) is 12.0 Å². The number of rotatable bonds is 3. The van der Waals surface area contributed by atoms with Crippen LogP contribution >= 0.6 is 0 Å². The zero-order valence-corrected chi connectivity index (χ0v) is 10.4. The minimum Gasteiger partial charge on any atom is -0.298 e. The highest BCUT2D eigenvalue weighted by Crippen LogP contribution is 2.45. The lowest BCUT2D eigenvalue weighted by Gasteiger charge is -2.39. The van der Waals surface area contributed by atoms with Crippen molar-refractivity contribution < 1.29 is 4.79 Å². The molecule has 2 nitrogen and oxygen atoms in total. The van der Waals surface area contributed by atoms with Gasteiger partial charge >= 0.3 is 0 Å². The Kier molecular flexibility index (Phi) is 2.89. The molecule has 0 amide bonds. The van der Waals surface area contributed by atoms with Crippen molar-refractivity contribution in [3.05, 3.63) is 0 Å². The van der Waals surface area contributed by atoms with Crippen LogP contribution in [0, 0.1) is 11.8 Å². The fourth-order valence-corrected chi connectivity index (χ4v) is 3.25. The average molecular weight is 209 g/mol. The number of hydrogen-bond acceptors (Lipinski definition) is 2. The Bertz CT molecular complexity index is 259. The maximum atomic E-state index is 12.1. The van der Waals surface area contributed by atoms with Crippen LogP contribution in [-0.4, -0.2) is 28.8 Å². The zero-order chi connectivity index (χ0) is 11.2. The van der Waals surface area contributed by atoms with E-state index in [9.17, 15) is 4.79 Å². The SMILES string of the molecule is CC(C)C(=O)C1CC2CCC2N1C(C)C. The number of carbonyl (C=O) groups excluding carboxylic acids is 1. The monoisotopic (exact) mass is 209 g/mol. The molecule has 0 radical (unpaired) electrons. The summed E-state index contributed by atoms with van der Waals surface area (Å²) in [4.78, 5) is 14.6. The lowest BCUT2D eigenvalue weighted by molar-refractivity contribution is -0.127. The van der Waals surface area contributed by atoms with Crippen molar-refractivity contribution in [1.82, 2.24) is 4.90 Å². The van der Waals surface area contributed by atoms with E-state index in [0.717, 1.165) is 18.4 Å². The van der Waals surface area contributed by atoms with Crippen molar-refractivity contribution >= 4 is 5.78 Å². The third-order valence-electron chi connectivity index (χ3n) is 4.14. The highest BCUT2D eigenvalue weighted by atomic mass is 16.1. The number of fused-ring (bicyclic) bond motifs is 1. The van der Waals surface area contributed by atoms with Gasteiger partial charge in [-0.25, -0.2) is 0 Å². The van der Waals surface area contributed by atoms with Crippen LogP contribution in [0.1, 0.15) is 47.0 Å². The number of likely N-dealkylation sites (tertiary alicyclic amines) is 1. The van der Waals surface area contributed by atoms with Gasteiger partial charge in [0, 0.05) is 18.0 Å². The Morgan fingerprint density at radius 3 is 2.27 bits per heavy atom. The van der Waals surface area contributed by atoms with Gasteiger partial charge < -0.3 is 0 Å². The molecule has 0 aromatic carbocycles. The van der Waals surface area contributed by atoms with Gasteiger partial charge in [-0.2, -0.15) is 0 Å². The molecule has 1 saturated heterocycles. The number of Topliss-reactive ketones (excluding diaryl/α,β-unsaturated/α-hetero) is 1. The van der Waals surface area contributed by atoms with E-state index in [1.165, 1.54) is 12.8 Å². The van der Waals surface area contributed by atoms with Crippen LogP contribution in [0.3, 0.4) is 0 Å². The number of ketones is 1. The normalized spacial score (nSPS) is 35.7. The van der Waals surface area contributed by atoms with E-state index in [4.69, 9.17) is 0 Å². The lowest BCUT2D eigenvalue weighted by atomic mass is 9.79. The second kappa shape index (κ2) is 3.89. The summed E-state index contributed by atoms with van der Waals surface area (Å²) in [5.41, 5.74) is 0. The fourth-order valence-electron chi connectivity index (χ4n) is 3.25. The minimum atomic E-state index is 0.189. The van der Waals surface area contributed by atoms with E-state index in [1.54, 1.807) is 0 Å². The number of nitrogens with zero attached hydrogens (tertiary/aromatic N) is 1. The molecule has 3 unspecified atom stereocenters. The van der Waals surface area contributed by atoms with Gasteiger partial charge in [0.1, 0.15) is 0 Å². The largest absolute Gasteiger partial charge is 0.298 e. The van der Waals surface area contributed by atoms with Crippen LogP contribution in [0.2, 0.25) is 0 Å². The summed E-state index contributed by atoms with van der Waals surface area (Å²) < 4.78 is 0. The van der Waals surface area contributed by atoms with Crippen LogP contribution in [0.25, 0.3) is 0 Å². The number of carbonyl (C=O) groups is 1. The standard InChI is InChI=1S/C13H23NO/c1-8(2)13(15)12-7-10-5-6-11(10)14(12)9(3)4/h8-12H,5-7H2,1-4H3. The quantitative estimate of drug-likeness (QED) is 0.711. The van der Waals surface area contributed by atoms with Crippen LogP contribution in [0.4, 0.5) is 0 Å². The summed E-state index contributed by atoms with van der Waals surface area (Å²) in [6, 6.07) is 1.47. The molecule has 1 aliphatic heterocycles. The first kappa shape index (κ1) is 11.1. The Morgan fingerprint density at radius 2 is 1.87 bits per heavy atom. The van der Waals surface area contributed by atoms with Gasteiger partial charge in [-0.15, -0.1) is 0 Å². The molecule has 0 aromatic rings. The van der Waals surface area contributed by atoms with Crippen LogP contribution in [0.15, 0.2) is 0 Å². The molecule has 0 bridgehead atoms. The van der Waals surface area contributed by atoms with E-state index < -0.39 is 0 Å². The molecule has 0 aromatic heterocycles. The van der Waals surface area contributed by atoms with Crippen LogP contribution < -0.4 is 0 Å². The third kappa shape index (κ3) is 1.73. The zero-order valence-electron chi connectivity index (χ0n) is 10.4. The van der Waals surface area contributed by atoms with E-state index in [1.807, 2.05) is 13.8 Å². The molecule has 1 heterocycles. The Labute approximate surface area is 93.0 Å². The van der Waals surface area contributed by atoms with Crippen molar-refractivity contribution in [1.29, 1.82) is 0 Å². The van der Waals surface area contributed by atoms with Crippen LogP contribution in [0.5, 0.6) is 0 Å². The molecule has 86 valence electrons. The van der Waals surface area contributed by atoms with Crippen molar-refractivity contribution in [2.75, 3.05) is 0 Å². The lowest BCUT2D eigenvalue weighted by Crippen LogP contribution is -2.48. The van der Waals surface area contributed by atoms with Crippen molar-refractivity contribution in [3.63, 3.8) is 0 Å². The fraction of sp³-hybridized carbons (Fsp3) is 0.923. The van der Waals surface area contributed by atoms with Gasteiger partial charge in [-0.1, -0.05) is 13.8 Å². The van der Waals surface area contributed by atoms with Gasteiger partial charge in [0.2, 0.25) is 0 Å². The summed E-state index contributed by atoms with van der Waals surface area (Å²) in [5.74, 6) is 1.46. The molecular weight excluding hydrogens is 186 g/mol. The molecule has 2 heteroatoms. The second-order valence-electron chi connectivity index (χ2n) is 5.75. The van der Waals surface area contributed by atoms with Crippen molar-refractivity contribution in [2.24, 2.45) is 11.8 Å². The van der Waals surface area contributed by atoms with Crippen molar-refractivity contribution in [3.8, 4) is 0 Å². The molecule has 2 rings (SSSR count). The molecule has 2 aliphatic rings. The Morgan fingerprint density at radius 1 is 1.20 bits per heavy atom. The van der Waals surface area contributed by atoms with Crippen molar-refractivity contribution in [2.45, 2.75) is 65.1 Å². The number of hydrogen-bond donors (Lipinski definition) is 0. The molecule has 15 heavy (non-hydrogen) atoms. The molecule has 0 spiro atoms. The second-order valence-corrected chi connectivity index (χ2v) is 5.75. The van der Waals surface area contributed by atoms with Gasteiger partial charge in [0.05, 0.1) is 6.04 Å². The van der Waals surface area contributed by atoms with Crippen LogP contribution in [-0.2, 0) is 4.79 Å². The average Bonchev–Trinajstić information content (AvgIpc) is 2.37. The molecule has 2 fully saturated rings. The molecule has 3 atom stereocenters. The van der Waals surface area contributed by atoms with E-state index in [2.05, 4.69) is 18.7 Å². The molecular formula is C13H23NO. The van der Waals surface area contributed by atoms with E-state index >= 15 is 0 Å². The Balaban J connectivity index is 2.13. The predicted molar refractivity (Wildman–Crippen MR) is 61.7 cm³/mol. The first-order valence-corrected chi connectivity index (χ1v) is 6.33. The predicted octanol–water partition coefficient (Wildman–Crippen LogP) is 2.47. The summed E-state index contributed by atoms with van der Waals surface area (Å²) >= 11 is 0. The Hall–Kier alpha value is -0.370. The van der Waals surface area contributed by atoms with Gasteiger partial charge in [-0.3, -0.25) is 9.69 Å². The molecule has 0 N–H and O–H groups in total. The summed E-state index contributed by atoms with van der Waals surface area (Å²) in [6.45, 7) is 8.50. The maximum Gasteiger partial charge on any atom is 0.152 e. The topological polar surface area (TPSA) is 20.3 Å². The first-order valence-electron chi connectivity index (χ1n) is 6.33. The highest BCUT2D eigenvalue weighted by molar-refractivity contribution is 5.86. The smallest absolute Gasteiger partial charge is 0.152 e.